The van der Waals surface area contributed by atoms with Crippen LogP contribution in [0.4, 0.5) is 5.00 Å². The summed E-state index contributed by atoms with van der Waals surface area (Å²) in [5, 5.41) is 11.9. The van der Waals surface area contributed by atoms with Crippen LogP contribution in [0.5, 0.6) is 5.75 Å². The molecule has 0 aliphatic heterocycles. The number of esters is 1. The zero-order chi connectivity index (χ0) is 24.8. The molecule has 0 saturated heterocycles. The molecule has 2 aromatic heterocycles. The number of nitrogens with one attached hydrogen (secondary N) is 1. The van der Waals surface area contributed by atoms with Crippen molar-refractivity contribution in [1.82, 2.24) is 14.8 Å². The minimum absolute atomic E-state index is 0.00416. The number of amides is 2. The molecule has 12 heteroatoms. The molecule has 180 valence electrons. The Morgan fingerprint density at radius 2 is 1.91 bits per heavy atom. The zero-order valence-electron chi connectivity index (χ0n) is 19.2. The van der Waals surface area contributed by atoms with Crippen LogP contribution in [0, 0.1) is 6.92 Å². The van der Waals surface area contributed by atoms with Crippen LogP contribution in [0.3, 0.4) is 0 Å². The van der Waals surface area contributed by atoms with Crippen molar-refractivity contribution in [3.8, 4) is 17.1 Å². The number of thiophene rings is 1. The fourth-order valence-corrected chi connectivity index (χ4v) is 4.96. The Labute approximate surface area is 204 Å². The largest absolute Gasteiger partial charge is 0.493 e. The monoisotopic (exact) mass is 503 g/mol. The highest BCUT2D eigenvalue weighted by atomic mass is 32.2. The fourth-order valence-electron chi connectivity index (χ4n) is 3.19. The smallest absolute Gasteiger partial charge is 0.341 e. The van der Waals surface area contributed by atoms with Gasteiger partial charge in [0.15, 0.2) is 11.0 Å². The summed E-state index contributed by atoms with van der Waals surface area (Å²) in [4.78, 5) is 37.0. The Balaban J connectivity index is 1.75. The van der Waals surface area contributed by atoms with Crippen molar-refractivity contribution in [2.45, 2.75) is 25.9 Å². The second-order valence-corrected chi connectivity index (χ2v) is 8.94. The van der Waals surface area contributed by atoms with Crippen LogP contribution in [-0.4, -0.2) is 51.5 Å². The number of nitrogens with zero attached hydrogens (tertiary/aromatic N) is 3. The number of thioether (sulfide) groups is 1. The van der Waals surface area contributed by atoms with Gasteiger partial charge >= 0.3 is 5.97 Å². The lowest BCUT2D eigenvalue weighted by atomic mass is 10.1. The zero-order valence-corrected chi connectivity index (χ0v) is 20.8. The molecule has 2 amide bonds. The van der Waals surface area contributed by atoms with Crippen molar-refractivity contribution in [2.75, 3.05) is 24.3 Å². The first-order valence-corrected chi connectivity index (χ1v) is 12.2. The van der Waals surface area contributed by atoms with Crippen molar-refractivity contribution >= 4 is 45.9 Å². The molecule has 0 aliphatic rings. The molecule has 0 fully saturated rings. The fraction of sp³-hybridized carbons (Fsp3) is 0.318. The van der Waals surface area contributed by atoms with Gasteiger partial charge in [-0.1, -0.05) is 23.9 Å². The summed E-state index contributed by atoms with van der Waals surface area (Å²) in [5.41, 5.74) is 6.71. The number of benzene rings is 1. The predicted molar refractivity (Wildman–Crippen MR) is 130 cm³/mol. The van der Waals surface area contributed by atoms with Crippen LogP contribution in [0.1, 0.15) is 39.4 Å². The van der Waals surface area contributed by atoms with E-state index in [-0.39, 0.29) is 33.7 Å². The summed E-state index contributed by atoms with van der Waals surface area (Å²) >= 11 is 2.13. The van der Waals surface area contributed by atoms with Gasteiger partial charge < -0.3 is 25.1 Å². The quantitative estimate of drug-likeness (QED) is 0.318. The van der Waals surface area contributed by atoms with Crippen molar-refractivity contribution in [2.24, 2.45) is 12.8 Å². The lowest BCUT2D eigenvalue weighted by Gasteiger charge is -2.10. The van der Waals surface area contributed by atoms with E-state index in [0.717, 1.165) is 16.9 Å². The van der Waals surface area contributed by atoms with E-state index >= 15 is 0 Å². The number of hydrogen-bond donors (Lipinski definition) is 2. The third-order valence-electron chi connectivity index (χ3n) is 4.70. The molecular formula is C22H25N5O5S2. The number of nitrogens with two attached hydrogens (primary N) is 1. The predicted octanol–water partition coefficient (Wildman–Crippen LogP) is 3.26. The van der Waals surface area contributed by atoms with Gasteiger partial charge in [-0.05, 0) is 38.5 Å². The van der Waals surface area contributed by atoms with Crippen LogP contribution in [0.25, 0.3) is 11.4 Å². The molecule has 1 aromatic carbocycles. The second-order valence-electron chi connectivity index (χ2n) is 6.98. The summed E-state index contributed by atoms with van der Waals surface area (Å²) in [6, 6.07) is 7.52. The molecule has 0 atom stereocenters. The maximum atomic E-state index is 12.7. The molecule has 3 rings (SSSR count). The maximum Gasteiger partial charge on any atom is 0.341 e. The molecule has 34 heavy (non-hydrogen) atoms. The van der Waals surface area contributed by atoms with Gasteiger partial charge in [-0.25, -0.2) is 4.79 Å². The van der Waals surface area contributed by atoms with Crippen molar-refractivity contribution < 1.29 is 23.9 Å². The van der Waals surface area contributed by atoms with E-state index in [0.29, 0.717) is 28.9 Å². The average Bonchev–Trinajstić information content (AvgIpc) is 3.32. The Morgan fingerprint density at radius 3 is 2.59 bits per heavy atom. The number of ether oxygens (including phenoxy) is 2. The summed E-state index contributed by atoms with van der Waals surface area (Å²) in [6.07, 6.45) is 0. The van der Waals surface area contributed by atoms with Gasteiger partial charge in [-0.2, -0.15) is 0 Å². The minimum atomic E-state index is -0.679. The van der Waals surface area contributed by atoms with E-state index in [1.807, 2.05) is 31.2 Å². The van der Waals surface area contributed by atoms with Gasteiger partial charge in [0, 0.05) is 7.05 Å². The lowest BCUT2D eigenvalue weighted by Crippen LogP contribution is -2.17. The lowest BCUT2D eigenvalue weighted by molar-refractivity contribution is -0.113. The molecular weight excluding hydrogens is 478 g/mol. The van der Waals surface area contributed by atoms with E-state index in [1.54, 1.807) is 25.5 Å². The van der Waals surface area contributed by atoms with Crippen LogP contribution in [-0.2, 0) is 16.6 Å². The first-order chi connectivity index (χ1) is 16.3. The van der Waals surface area contributed by atoms with E-state index in [9.17, 15) is 14.4 Å². The van der Waals surface area contributed by atoms with Gasteiger partial charge in [0.05, 0.1) is 35.0 Å². The maximum absolute atomic E-state index is 12.7. The number of aromatic nitrogens is 3. The van der Waals surface area contributed by atoms with Gasteiger partial charge in [0.1, 0.15) is 10.8 Å². The number of anilines is 1. The first kappa shape index (κ1) is 25.2. The van der Waals surface area contributed by atoms with E-state index in [1.165, 1.54) is 11.8 Å². The van der Waals surface area contributed by atoms with Crippen molar-refractivity contribution in [3.05, 3.63) is 40.3 Å². The van der Waals surface area contributed by atoms with Gasteiger partial charge in [-0.15, -0.1) is 21.5 Å². The second kappa shape index (κ2) is 11.2. The Kier molecular flexibility index (Phi) is 8.29. The van der Waals surface area contributed by atoms with Crippen molar-refractivity contribution in [1.29, 1.82) is 0 Å². The van der Waals surface area contributed by atoms with Crippen molar-refractivity contribution in [3.63, 3.8) is 0 Å². The molecule has 3 N–H and O–H groups in total. The first-order valence-electron chi connectivity index (χ1n) is 10.4. The van der Waals surface area contributed by atoms with Gasteiger partial charge in [0.2, 0.25) is 5.91 Å². The highest BCUT2D eigenvalue weighted by Gasteiger charge is 2.26. The Morgan fingerprint density at radius 1 is 1.18 bits per heavy atom. The average molecular weight is 504 g/mol. The third kappa shape index (κ3) is 5.39. The van der Waals surface area contributed by atoms with E-state index in [2.05, 4.69) is 15.5 Å². The Bertz CT molecular complexity index is 1220. The van der Waals surface area contributed by atoms with Crippen LogP contribution >= 0.6 is 23.1 Å². The molecule has 0 aliphatic carbocycles. The molecule has 2 heterocycles. The molecule has 0 radical (unpaired) electrons. The van der Waals surface area contributed by atoms with E-state index < -0.39 is 11.9 Å². The highest BCUT2D eigenvalue weighted by molar-refractivity contribution is 7.99. The van der Waals surface area contributed by atoms with Crippen LogP contribution in [0.15, 0.2) is 29.4 Å². The summed E-state index contributed by atoms with van der Waals surface area (Å²) in [5.74, 6) is -0.382. The number of rotatable bonds is 10. The van der Waals surface area contributed by atoms with E-state index in [4.69, 9.17) is 15.2 Å². The Hall–Kier alpha value is -3.38. The highest BCUT2D eigenvalue weighted by Crippen LogP contribution is 2.34. The number of hydrogen-bond acceptors (Lipinski definition) is 9. The standard InChI is InChI=1S/C22H25N5O5S2/c1-5-31-14-10-8-7-9-13(14)19-25-26-22(27(19)4)33-11-15(28)24-20-16(21(30)32-6-2)12(3)17(34-20)18(23)29/h7-10H,5-6,11H2,1-4H3,(H2,23,29)(H,24,28). The molecule has 0 spiro atoms. The number of carbonyl (C=O) groups excluding carboxylic acids is 3. The SMILES string of the molecule is CCOC(=O)c1c(NC(=O)CSc2nnc(-c3ccccc3OCC)n2C)sc(C(N)=O)c1C. The summed E-state index contributed by atoms with van der Waals surface area (Å²) in [6.45, 7) is 5.84. The number of para-hydroxylation sites is 1. The molecule has 3 aromatic rings. The van der Waals surface area contributed by atoms with Crippen LogP contribution in [0.2, 0.25) is 0 Å². The van der Waals surface area contributed by atoms with Gasteiger partial charge in [0.25, 0.3) is 5.91 Å². The molecule has 0 saturated carbocycles. The normalized spacial score (nSPS) is 10.7. The number of carbonyl (C=O) groups is 3. The molecule has 0 unspecified atom stereocenters. The van der Waals surface area contributed by atoms with Gasteiger partial charge in [-0.3, -0.25) is 9.59 Å². The topological polar surface area (TPSA) is 138 Å². The minimum Gasteiger partial charge on any atom is -0.493 e. The molecule has 0 bridgehead atoms. The third-order valence-corrected chi connectivity index (χ3v) is 6.94. The molecule has 10 nitrogen and oxygen atoms in total. The van der Waals surface area contributed by atoms with Crippen LogP contribution < -0.4 is 15.8 Å². The summed E-state index contributed by atoms with van der Waals surface area (Å²) in [7, 11) is 1.80. The summed E-state index contributed by atoms with van der Waals surface area (Å²) < 4.78 is 12.5. The number of primary amides is 1.